The predicted molar refractivity (Wildman–Crippen MR) is 108 cm³/mol. The van der Waals surface area contributed by atoms with E-state index in [1.807, 2.05) is 26.0 Å². The summed E-state index contributed by atoms with van der Waals surface area (Å²) in [6.07, 6.45) is 1.08. The Kier molecular flexibility index (Phi) is 5.98. The van der Waals surface area contributed by atoms with Crippen LogP contribution in [0.15, 0.2) is 36.4 Å². The van der Waals surface area contributed by atoms with Crippen molar-refractivity contribution in [2.45, 2.75) is 33.7 Å². The lowest BCUT2D eigenvalue weighted by Gasteiger charge is -2.29. The lowest BCUT2D eigenvalue weighted by atomic mass is 10.1. The van der Waals surface area contributed by atoms with E-state index in [2.05, 4.69) is 5.32 Å². The lowest BCUT2D eigenvalue weighted by Crippen LogP contribution is -2.45. The van der Waals surface area contributed by atoms with Crippen LogP contribution in [0.1, 0.15) is 23.6 Å². The molecule has 5 nitrogen and oxygen atoms in total. The molecule has 0 radical (unpaired) electrons. The average molecular weight is 395 g/mol. The summed E-state index contributed by atoms with van der Waals surface area (Å²) in [6, 6.07) is 9.61. The molecule has 0 bridgehead atoms. The summed E-state index contributed by atoms with van der Waals surface area (Å²) in [6.45, 7) is 7.19. The van der Waals surface area contributed by atoms with E-state index in [1.54, 1.807) is 38.1 Å². The van der Waals surface area contributed by atoms with Gasteiger partial charge in [0.05, 0.1) is 11.9 Å². The first-order valence-corrected chi connectivity index (χ1v) is 10.4. The average Bonchev–Trinajstić information content (AvgIpc) is 2.54. The highest BCUT2D eigenvalue weighted by Gasteiger charge is 2.30. The van der Waals surface area contributed by atoms with Gasteiger partial charge < -0.3 is 5.32 Å². The number of sulfonamides is 1. The van der Waals surface area contributed by atoms with Crippen molar-refractivity contribution in [2.24, 2.45) is 0 Å². The van der Waals surface area contributed by atoms with Gasteiger partial charge in [-0.3, -0.25) is 9.10 Å². The Hall–Kier alpha value is -2.05. The number of anilines is 2. The summed E-state index contributed by atoms with van der Waals surface area (Å²) >= 11 is 6.04. The summed E-state index contributed by atoms with van der Waals surface area (Å²) in [5.41, 5.74) is 3.76. The predicted octanol–water partition coefficient (Wildman–Crippen LogP) is 4.06. The molecule has 1 atom stereocenters. The fourth-order valence-electron chi connectivity index (χ4n) is 2.72. The van der Waals surface area contributed by atoms with Gasteiger partial charge in [-0.05, 0) is 62.6 Å². The van der Waals surface area contributed by atoms with Gasteiger partial charge >= 0.3 is 0 Å². The molecule has 1 unspecified atom stereocenters. The van der Waals surface area contributed by atoms with Crippen LogP contribution in [-0.4, -0.2) is 26.6 Å². The van der Waals surface area contributed by atoms with Crippen molar-refractivity contribution in [1.82, 2.24) is 0 Å². The topological polar surface area (TPSA) is 66.5 Å². The summed E-state index contributed by atoms with van der Waals surface area (Å²) in [4.78, 5) is 12.8. The molecule has 0 saturated heterocycles. The summed E-state index contributed by atoms with van der Waals surface area (Å²) in [7, 11) is -3.70. The quantitative estimate of drug-likeness (QED) is 0.831. The normalized spacial score (nSPS) is 12.5. The number of hydrogen-bond acceptors (Lipinski definition) is 3. The second kappa shape index (κ2) is 7.68. The highest BCUT2D eigenvalue weighted by molar-refractivity contribution is 7.92. The largest absolute Gasteiger partial charge is 0.324 e. The number of hydrogen-bond donors (Lipinski definition) is 1. The second-order valence-corrected chi connectivity index (χ2v) is 8.70. The third-order valence-corrected chi connectivity index (χ3v) is 5.82. The van der Waals surface area contributed by atoms with E-state index >= 15 is 0 Å². The fraction of sp³-hybridized carbons (Fsp3) is 0.316. The van der Waals surface area contributed by atoms with Gasteiger partial charge in [-0.15, -0.1) is 0 Å². The summed E-state index contributed by atoms with van der Waals surface area (Å²) < 4.78 is 25.9. The smallest absolute Gasteiger partial charge is 0.248 e. The van der Waals surface area contributed by atoms with Crippen LogP contribution in [0.3, 0.4) is 0 Å². The zero-order valence-corrected chi connectivity index (χ0v) is 17.1. The Balaban J connectivity index is 2.41. The number of carbonyl (C=O) groups is 1. The van der Waals surface area contributed by atoms with Crippen molar-refractivity contribution < 1.29 is 13.2 Å². The monoisotopic (exact) mass is 394 g/mol. The van der Waals surface area contributed by atoms with Crippen LogP contribution in [-0.2, 0) is 14.8 Å². The van der Waals surface area contributed by atoms with Crippen molar-refractivity contribution >= 4 is 38.9 Å². The molecule has 2 rings (SSSR count). The number of rotatable bonds is 5. The van der Waals surface area contributed by atoms with Gasteiger partial charge in [0.2, 0.25) is 15.9 Å². The molecule has 2 aromatic rings. The van der Waals surface area contributed by atoms with Crippen LogP contribution in [0, 0.1) is 20.8 Å². The number of carbonyl (C=O) groups excluding carboxylic acids is 1. The molecule has 0 aliphatic heterocycles. The van der Waals surface area contributed by atoms with Gasteiger partial charge in [-0.1, -0.05) is 29.8 Å². The van der Waals surface area contributed by atoms with E-state index in [0.717, 1.165) is 21.7 Å². The molecule has 1 amide bonds. The molecule has 140 valence electrons. The molecule has 0 heterocycles. The zero-order valence-electron chi connectivity index (χ0n) is 15.5. The number of nitrogens with one attached hydrogen (secondary N) is 1. The fourth-order valence-corrected chi connectivity index (χ4v) is 4.12. The minimum Gasteiger partial charge on any atom is -0.324 e. The minimum absolute atomic E-state index is 0.392. The van der Waals surface area contributed by atoms with Gasteiger partial charge in [-0.2, -0.15) is 0 Å². The van der Waals surface area contributed by atoms with E-state index in [4.69, 9.17) is 11.6 Å². The van der Waals surface area contributed by atoms with Gasteiger partial charge in [0, 0.05) is 10.7 Å². The van der Waals surface area contributed by atoms with Crippen LogP contribution in [0.25, 0.3) is 0 Å². The van der Waals surface area contributed by atoms with E-state index in [0.29, 0.717) is 22.0 Å². The Morgan fingerprint density at radius 2 is 1.77 bits per heavy atom. The molecule has 0 aromatic heterocycles. The van der Waals surface area contributed by atoms with Gasteiger partial charge in [0.15, 0.2) is 0 Å². The van der Waals surface area contributed by atoms with E-state index in [-0.39, 0.29) is 0 Å². The lowest BCUT2D eigenvalue weighted by molar-refractivity contribution is -0.116. The first-order valence-electron chi connectivity index (χ1n) is 8.15. The highest BCUT2D eigenvalue weighted by atomic mass is 35.5. The minimum atomic E-state index is -3.70. The summed E-state index contributed by atoms with van der Waals surface area (Å²) in [5, 5.41) is 3.23. The maximum Gasteiger partial charge on any atom is 0.248 e. The molecular formula is C19H23ClN2O3S. The maximum atomic E-state index is 12.8. The van der Waals surface area contributed by atoms with E-state index in [1.165, 1.54) is 0 Å². The number of nitrogens with zero attached hydrogens (tertiary/aromatic N) is 1. The molecule has 1 N–H and O–H groups in total. The van der Waals surface area contributed by atoms with Gasteiger partial charge in [0.1, 0.15) is 6.04 Å². The van der Waals surface area contributed by atoms with Crippen molar-refractivity contribution in [3.8, 4) is 0 Å². The van der Waals surface area contributed by atoms with Crippen LogP contribution in [0.5, 0.6) is 0 Å². The zero-order chi connectivity index (χ0) is 19.6. The first kappa shape index (κ1) is 20.3. The van der Waals surface area contributed by atoms with Crippen LogP contribution >= 0.6 is 11.6 Å². The third-order valence-electron chi connectivity index (χ3n) is 4.36. The van der Waals surface area contributed by atoms with Crippen LogP contribution < -0.4 is 9.62 Å². The summed E-state index contributed by atoms with van der Waals surface area (Å²) in [5.74, 6) is -0.413. The number of halogens is 1. The van der Waals surface area contributed by atoms with Crippen molar-refractivity contribution in [3.63, 3.8) is 0 Å². The molecule has 0 fully saturated rings. The molecule has 7 heteroatoms. The van der Waals surface area contributed by atoms with Crippen molar-refractivity contribution in [1.29, 1.82) is 0 Å². The molecule has 0 spiro atoms. The SMILES string of the molecule is Cc1ccc(Cl)cc1N(C(C)C(=O)Nc1cccc(C)c1C)S(C)(=O)=O. The van der Waals surface area contributed by atoms with Crippen LogP contribution in [0.2, 0.25) is 5.02 Å². The molecule has 0 aliphatic rings. The number of amides is 1. The Morgan fingerprint density at radius 3 is 2.38 bits per heavy atom. The number of aryl methyl sites for hydroxylation is 2. The Bertz CT molecular complexity index is 942. The third kappa shape index (κ3) is 4.37. The van der Waals surface area contributed by atoms with E-state index < -0.39 is 22.0 Å². The molecule has 0 saturated carbocycles. The Morgan fingerprint density at radius 1 is 1.12 bits per heavy atom. The van der Waals surface area contributed by atoms with E-state index in [9.17, 15) is 13.2 Å². The first-order chi connectivity index (χ1) is 12.0. The second-order valence-electron chi connectivity index (χ2n) is 6.40. The van der Waals surface area contributed by atoms with Crippen molar-refractivity contribution in [3.05, 3.63) is 58.1 Å². The standard InChI is InChI=1S/C19H23ClN2O3S/c1-12-7-6-8-17(14(12)3)21-19(23)15(4)22(26(5,24)25)18-11-16(20)10-9-13(18)2/h6-11,15H,1-5H3,(H,21,23). The Labute approximate surface area is 160 Å². The molecule has 2 aromatic carbocycles. The maximum absolute atomic E-state index is 12.8. The van der Waals surface area contributed by atoms with Crippen LogP contribution in [0.4, 0.5) is 11.4 Å². The number of benzene rings is 2. The van der Waals surface area contributed by atoms with Gasteiger partial charge in [0.25, 0.3) is 0 Å². The molecular weight excluding hydrogens is 372 g/mol. The van der Waals surface area contributed by atoms with Gasteiger partial charge in [-0.25, -0.2) is 8.42 Å². The highest BCUT2D eigenvalue weighted by Crippen LogP contribution is 2.29. The van der Waals surface area contributed by atoms with Crippen molar-refractivity contribution in [2.75, 3.05) is 15.9 Å². The molecule has 26 heavy (non-hydrogen) atoms. The molecule has 0 aliphatic carbocycles.